The van der Waals surface area contributed by atoms with Gasteiger partial charge in [0, 0.05) is 12.5 Å². The lowest BCUT2D eigenvalue weighted by atomic mass is 9.96. The Kier molecular flexibility index (Phi) is 6.05. The van der Waals surface area contributed by atoms with Crippen molar-refractivity contribution in [1.82, 2.24) is 20.9 Å². The van der Waals surface area contributed by atoms with E-state index < -0.39 is 36.5 Å². The summed E-state index contributed by atoms with van der Waals surface area (Å²) in [6.07, 6.45) is 5.43. The molecule has 0 spiro atoms. The van der Waals surface area contributed by atoms with E-state index in [4.69, 9.17) is 0 Å². The van der Waals surface area contributed by atoms with Gasteiger partial charge in [0.1, 0.15) is 12.6 Å². The first kappa shape index (κ1) is 18.9. The first-order valence-electron chi connectivity index (χ1n) is 9.29. The third-order valence-corrected chi connectivity index (χ3v) is 4.88. The Morgan fingerprint density at radius 1 is 1.07 bits per heavy atom. The van der Waals surface area contributed by atoms with Crippen LogP contribution in [0.15, 0.2) is 30.3 Å². The van der Waals surface area contributed by atoms with Gasteiger partial charge in [0.15, 0.2) is 0 Å². The lowest BCUT2D eigenvalue weighted by molar-refractivity contribution is -0.131. The van der Waals surface area contributed by atoms with Gasteiger partial charge in [-0.2, -0.15) is 0 Å². The molecule has 1 aliphatic heterocycles. The minimum absolute atomic E-state index is 0.0681. The van der Waals surface area contributed by atoms with Crippen LogP contribution in [0, 0.1) is 0 Å². The second kappa shape index (κ2) is 8.66. The van der Waals surface area contributed by atoms with Crippen molar-refractivity contribution in [2.75, 3.05) is 6.54 Å². The molecule has 1 aromatic carbocycles. The molecule has 1 aromatic rings. The molecule has 27 heavy (non-hydrogen) atoms. The molecule has 0 unspecified atom stereocenters. The largest absolute Gasteiger partial charge is 0.335 e. The molecule has 1 atom stereocenters. The fourth-order valence-electron chi connectivity index (χ4n) is 3.49. The standard InChI is InChI=1S/C19H24N4O4/c24-16(22-18(26)20-14-9-5-2-6-10-14)12-23-17(25)15(21-19(23)27)11-13-7-3-1-4-8-13/h1,3-4,7-8,14-15H,2,5-6,9-12H2,(H,21,27)(H2,20,22,24,26)/t15-/m0/s1. The number of nitrogens with zero attached hydrogens (tertiary/aromatic N) is 1. The Morgan fingerprint density at radius 3 is 2.48 bits per heavy atom. The van der Waals surface area contributed by atoms with Gasteiger partial charge in [-0.05, 0) is 18.4 Å². The van der Waals surface area contributed by atoms with E-state index in [9.17, 15) is 19.2 Å². The molecule has 2 aliphatic rings. The van der Waals surface area contributed by atoms with Gasteiger partial charge < -0.3 is 10.6 Å². The molecule has 0 aromatic heterocycles. The Hall–Kier alpha value is -2.90. The molecule has 144 valence electrons. The van der Waals surface area contributed by atoms with Crippen LogP contribution < -0.4 is 16.0 Å². The molecule has 2 fully saturated rings. The first-order chi connectivity index (χ1) is 13.0. The van der Waals surface area contributed by atoms with Crippen molar-refractivity contribution in [2.45, 2.75) is 50.6 Å². The molecule has 0 bridgehead atoms. The van der Waals surface area contributed by atoms with Crippen LogP contribution in [0.4, 0.5) is 9.59 Å². The van der Waals surface area contributed by atoms with Gasteiger partial charge >= 0.3 is 12.1 Å². The van der Waals surface area contributed by atoms with E-state index in [1.54, 1.807) is 0 Å². The van der Waals surface area contributed by atoms with Crippen LogP contribution in [0.2, 0.25) is 0 Å². The molecule has 1 aliphatic carbocycles. The number of urea groups is 2. The van der Waals surface area contributed by atoms with Gasteiger partial charge in [-0.15, -0.1) is 0 Å². The zero-order valence-electron chi connectivity index (χ0n) is 15.1. The van der Waals surface area contributed by atoms with E-state index in [1.807, 2.05) is 30.3 Å². The molecule has 0 radical (unpaired) electrons. The van der Waals surface area contributed by atoms with Crippen LogP contribution in [0.25, 0.3) is 0 Å². The Balaban J connectivity index is 1.49. The Morgan fingerprint density at radius 2 is 1.78 bits per heavy atom. The molecule has 1 heterocycles. The number of carbonyl (C=O) groups is 4. The predicted molar refractivity (Wildman–Crippen MR) is 97.7 cm³/mol. The molecular weight excluding hydrogens is 348 g/mol. The van der Waals surface area contributed by atoms with E-state index in [-0.39, 0.29) is 6.04 Å². The lowest BCUT2D eigenvalue weighted by Crippen LogP contribution is -2.49. The van der Waals surface area contributed by atoms with E-state index in [2.05, 4.69) is 16.0 Å². The number of rotatable bonds is 5. The number of hydrogen-bond acceptors (Lipinski definition) is 4. The summed E-state index contributed by atoms with van der Waals surface area (Å²) in [7, 11) is 0. The maximum atomic E-state index is 12.4. The lowest BCUT2D eigenvalue weighted by Gasteiger charge is -2.22. The fraction of sp³-hybridized carbons (Fsp3) is 0.474. The van der Waals surface area contributed by atoms with Crippen LogP contribution in [-0.4, -0.2) is 47.4 Å². The van der Waals surface area contributed by atoms with Crippen molar-refractivity contribution in [1.29, 1.82) is 0 Å². The van der Waals surface area contributed by atoms with Gasteiger partial charge in [0.05, 0.1) is 0 Å². The number of benzene rings is 1. The summed E-state index contributed by atoms with van der Waals surface area (Å²) >= 11 is 0. The summed E-state index contributed by atoms with van der Waals surface area (Å²) in [4.78, 5) is 49.3. The Bertz CT molecular complexity index is 716. The van der Waals surface area contributed by atoms with Crippen LogP contribution in [0.3, 0.4) is 0 Å². The molecule has 8 heteroatoms. The van der Waals surface area contributed by atoms with Crippen LogP contribution in [0.1, 0.15) is 37.7 Å². The molecule has 6 amide bonds. The highest BCUT2D eigenvalue weighted by atomic mass is 16.2. The van der Waals surface area contributed by atoms with Gasteiger partial charge in [0.2, 0.25) is 5.91 Å². The molecule has 1 saturated carbocycles. The maximum absolute atomic E-state index is 12.4. The topological polar surface area (TPSA) is 108 Å². The number of carbonyl (C=O) groups excluding carboxylic acids is 4. The molecule has 8 nitrogen and oxygen atoms in total. The van der Waals surface area contributed by atoms with Crippen LogP contribution in [0.5, 0.6) is 0 Å². The fourth-order valence-corrected chi connectivity index (χ4v) is 3.49. The highest BCUT2D eigenvalue weighted by Crippen LogP contribution is 2.17. The van der Waals surface area contributed by atoms with Crippen molar-refractivity contribution in [3.63, 3.8) is 0 Å². The van der Waals surface area contributed by atoms with Gasteiger partial charge in [-0.1, -0.05) is 49.6 Å². The van der Waals surface area contributed by atoms with E-state index in [0.29, 0.717) is 6.42 Å². The number of imide groups is 2. The van der Waals surface area contributed by atoms with Gasteiger partial charge in [0.25, 0.3) is 5.91 Å². The van der Waals surface area contributed by atoms with E-state index in [1.165, 1.54) is 0 Å². The second-order valence-corrected chi connectivity index (χ2v) is 6.97. The van der Waals surface area contributed by atoms with Crippen molar-refractivity contribution in [3.8, 4) is 0 Å². The van der Waals surface area contributed by atoms with Crippen molar-refractivity contribution >= 4 is 23.9 Å². The first-order valence-corrected chi connectivity index (χ1v) is 9.29. The van der Waals surface area contributed by atoms with E-state index in [0.717, 1.165) is 42.6 Å². The second-order valence-electron chi connectivity index (χ2n) is 6.97. The highest BCUT2D eigenvalue weighted by molar-refractivity contribution is 6.07. The smallest absolute Gasteiger partial charge is 0.325 e. The quantitative estimate of drug-likeness (QED) is 0.677. The summed E-state index contributed by atoms with van der Waals surface area (Å²) in [5, 5.41) is 7.54. The summed E-state index contributed by atoms with van der Waals surface area (Å²) in [6, 6.07) is 7.47. The normalized spacial score (nSPS) is 20.3. The van der Waals surface area contributed by atoms with Crippen molar-refractivity contribution in [3.05, 3.63) is 35.9 Å². The highest BCUT2D eigenvalue weighted by Gasteiger charge is 2.39. The third kappa shape index (κ3) is 5.06. The average molecular weight is 372 g/mol. The summed E-state index contributed by atoms with van der Waals surface area (Å²) in [5.41, 5.74) is 0.911. The van der Waals surface area contributed by atoms with Gasteiger partial charge in [-0.3, -0.25) is 19.8 Å². The predicted octanol–water partition coefficient (Wildman–Crippen LogP) is 1.31. The zero-order chi connectivity index (χ0) is 19.2. The third-order valence-electron chi connectivity index (χ3n) is 4.88. The minimum atomic E-state index is -0.705. The molecule has 3 N–H and O–H groups in total. The SMILES string of the molecule is O=C(CN1C(=O)N[C@@H](Cc2ccccc2)C1=O)NC(=O)NC1CCCCC1. The maximum Gasteiger partial charge on any atom is 0.325 e. The van der Waals surface area contributed by atoms with Gasteiger partial charge in [-0.25, -0.2) is 9.59 Å². The number of amides is 6. The Labute approximate surface area is 157 Å². The monoisotopic (exact) mass is 372 g/mol. The summed E-state index contributed by atoms with van der Waals surface area (Å²) < 4.78 is 0. The minimum Gasteiger partial charge on any atom is -0.335 e. The van der Waals surface area contributed by atoms with Crippen molar-refractivity contribution < 1.29 is 19.2 Å². The van der Waals surface area contributed by atoms with Crippen molar-refractivity contribution in [2.24, 2.45) is 0 Å². The molecule has 1 saturated heterocycles. The number of hydrogen-bond donors (Lipinski definition) is 3. The average Bonchev–Trinajstić information content (AvgIpc) is 2.90. The number of nitrogens with one attached hydrogen (secondary N) is 3. The zero-order valence-corrected chi connectivity index (χ0v) is 15.1. The summed E-state index contributed by atoms with van der Waals surface area (Å²) in [5.74, 6) is -1.15. The molecule has 3 rings (SSSR count). The molecular formula is C19H24N4O4. The van der Waals surface area contributed by atoms with E-state index >= 15 is 0 Å². The van der Waals surface area contributed by atoms with Crippen LogP contribution >= 0.6 is 0 Å². The van der Waals surface area contributed by atoms with Crippen LogP contribution in [-0.2, 0) is 16.0 Å². The summed E-state index contributed by atoms with van der Waals surface area (Å²) in [6.45, 7) is -0.478.